The number of methoxy groups -OCH3 is 1. The monoisotopic (exact) mass is 404 g/mol. The summed E-state index contributed by atoms with van der Waals surface area (Å²) in [5.74, 6) is 2.46. The number of nitrogens with one attached hydrogen (secondary N) is 1. The fourth-order valence-electron chi connectivity index (χ4n) is 3.51. The van der Waals surface area contributed by atoms with Crippen molar-refractivity contribution in [1.82, 2.24) is 9.97 Å². The van der Waals surface area contributed by atoms with Crippen LogP contribution in [0.1, 0.15) is 12.8 Å². The van der Waals surface area contributed by atoms with Gasteiger partial charge in [-0.1, -0.05) is 18.2 Å². The Bertz CT molecular complexity index is 979. The molecule has 0 radical (unpaired) electrons. The number of carbonyl (C=O) groups excluding carboxylic acids is 1. The molecule has 7 heteroatoms. The van der Waals surface area contributed by atoms with E-state index < -0.39 is 0 Å². The SMILES string of the molecule is COc1ccccc1Oc1ccc(NC(=O)C2CCCN(c3ccccn3)C2)cn1. The maximum absolute atomic E-state index is 12.8. The van der Waals surface area contributed by atoms with Gasteiger partial charge < -0.3 is 19.7 Å². The Morgan fingerprint density at radius 1 is 1.07 bits per heavy atom. The molecule has 3 heterocycles. The van der Waals surface area contributed by atoms with Crippen LogP contribution in [0.15, 0.2) is 67.0 Å². The Morgan fingerprint density at radius 3 is 2.63 bits per heavy atom. The van der Waals surface area contributed by atoms with Gasteiger partial charge in [0.25, 0.3) is 0 Å². The van der Waals surface area contributed by atoms with E-state index in [1.165, 1.54) is 0 Å². The van der Waals surface area contributed by atoms with E-state index >= 15 is 0 Å². The van der Waals surface area contributed by atoms with Crippen LogP contribution in [0.3, 0.4) is 0 Å². The number of carbonyl (C=O) groups is 1. The minimum Gasteiger partial charge on any atom is -0.493 e. The molecule has 1 aliphatic heterocycles. The van der Waals surface area contributed by atoms with Gasteiger partial charge in [0.15, 0.2) is 11.5 Å². The zero-order chi connectivity index (χ0) is 20.8. The first-order valence-corrected chi connectivity index (χ1v) is 9.96. The Labute approximate surface area is 175 Å². The average Bonchev–Trinajstić information content (AvgIpc) is 2.81. The van der Waals surface area contributed by atoms with Gasteiger partial charge in [-0.3, -0.25) is 4.79 Å². The number of para-hydroxylation sites is 2. The number of nitrogens with zero attached hydrogens (tertiary/aromatic N) is 3. The molecule has 0 bridgehead atoms. The standard InChI is InChI=1S/C23H24N4O3/c1-29-19-8-2-3-9-20(19)30-22-12-11-18(15-25-22)26-23(28)17-7-6-14-27(16-17)21-10-4-5-13-24-21/h2-5,8-13,15,17H,6-7,14,16H2,1H3,(H,26,28). The van der Waals surface area contributed by atoms with E-state index in [1.807, 2.05) is 42.5 Å². The molecule has 1 saturated heterocycles. The molecule has 1 amide bonds. The Kier molecular flexibility index (Phi) is 6.08. The van der Waals surface area contributed by atoms with E-state index in [4.69, 9.17) is 9.47 Å². The summed E-state index contributed by atoms with van der Waals surface area (Å²) in [4.78, 5) is 23.6. The number of aromatic nitrogens is 2. The number of anilines is 2. The van der Waals surface area contributed by atoms with Crippen LogP contribution >= 0.6 is 0 Å². The Hall–Kier alpha value is -3.61. The molecule has 30 heavy (non-hydrogen) atoms. The summed E-state index contributed by atoms with van der Waals surface area (Å²) in [5.41, 5.74) is 0.641. The molecule has 2 aromatic heterocycles. The fraction of sp³-hybridized carbons (Fsp3) is 0.261. The predicted octanol–water partition coefficient (Wildman–Crippen LogP) is 4.13. The number of benzene rings is 1. The zero-order valence-electron chi connectivity index (χ0n) is 16.8. The second kappa shape index (κ2) is 9.26. The normalized spacial score (nSPS) is 16.0. The first kappa shape index (κ1) is 19.7. The number of hydrogen-bond acceptors (Lipinski definition) is 6. The molecule has 1 N–H and O–H groups in total. The van der Waals surface area contributed by atoms with Gasteiger partial charge in [-0.25, -0.2) is 9.97 Å². The third kappa shape index (κ3) is 4.68. The minimum atomic E-state index is -0.0923. The first-order chi connectivity index (χ1) is 14.7. The Balaban J connectivity index is 1.36. The number of amides is 1. The summed E-state index contributed by atoms with van der Waals surface area (Å²) >= 11 is 0. The van der Waals surface area contributed by atoms with Crippen LogP contribution in [-0.4, -0.2) is 36.1 Å². The molecule has 1 aromatic carbocycles. The quantitative estimate of drug-likeness (QED) is 0.666. The van der Waals surface area contributed by atoms with Gasteiger partial charge in [-0.2, -0.15) is 0 Å². The molecule has 1 unspecified atom stereocenters. The molecule has 0 spiro atoms. The predicted molar refractivity (Wildman–Crippen MR) is 115 cm³/mol. The van der Waals surface area contributed by atoms with Crippen LogP contribution in [0.2, 0.25) is 0 Å². The molecule has 1 fully saturated rings. The van der Waals surface area contributed by atoms with E-state index in [-0.39, 0.29) is 11.8 Å². The molecule has 1 aliphatic rings. The molecule has 0 saturated carbocycles. The second-order valence-corrected chi connectivity index (χ2v) is 7.10. The largest absolute Gasteiger partial charge is 0.493 e. The summed E-state index contributed by atoms with van der Waals surface area (Å²) in [6, 6.07) is 16.7. The van der Waals surface area contributed by atoms with Crippen molar-refractivity contribution in [3.63, 3.8) is 0 Å². The lowest BCUT2D eigenvalue weighted by atomic mass is 9.97. The van der Waals surface area contributed by atoms with E-state index in [0.29, 0.717) is 29.6 Å². The fourth-order valence-corrected chi connectivity index (χ4v) is 3.51. The van der Waals surface area contributed by atoms with Crippen LogP contribution < -0.4 is 19.7 Å². The van der Waals surface area contributed by atoms with Crippen molar-refractivity contribution in [3.05, 3.63) is 67.0 Å². The van der Waals surface area contributed by atoms with Gasteiger partial charge in [-0.15, -0.1) is 0 Å². The lowest BCUT2D eigenvalue weighted by Crippen LogP contribution is -2.41. The number of piperidine rings is 1. The van der Waals surface area contributed by atoms with E-state index in [1.54, 1.807) is 31.6 Å². The number of rotatable bonds is 6. The molecule has 1 atom stereocenters. The number of ether oxygens (including phenoxy) is 2. The van der Waals surface area contributed by atoms with Gasteiger partial charge in [0.1, 0.15) is 5.82 Å². The van der Waals surface area contributed by atoms with Crippen molar-refractivity contribution in [2.45, 2.75) is 12.8 Å². The maximum Gasteiger partial charge on any atom is 0.229 e. The molecule has 3 aromatic rings. The van der Waals surface area contributed by atoms with E-state index in [0.717, 1.165) is 25.2 Å². The molecule has 7 nitrogen and oxygen atoms in total. The van der Waals surface area contributed by atoms with Crippen molar-refractivity contribution >= 4 is 17.4 Å². The highest BCUT2D eigenvalue weighted by atomic mass is 16.5. The van der Waals surface area contributed by atoms with Gasteiger partial charge in [0, 0.05) is 25.4 Å². The second-order valence-electron chi connectivity index (χ2n) is 7.10. The number of hydrogen-bond donors (Lipinski definition) is 1. The van der Waals surface area contributed by atoms with Crippen molar-refractivity contribution in [2.75, 3.05) is 30.4 Å². The van der Waals surface area contributed by atoms with Crippen LogP contribution in [0.25, 0.3) is 0 Å². The Morgan fingerprint density at radius 2 is 1.90 bits per heavy atom. The molecular formula is C23H24N4O3. The topological polar surface area (TPSA) is 76.6 Å². The average molecular weight is 404 g/mol. The zero-order valence-corrected chi connectivity index (χ0v) is 16.8. The van der Waals surface area contributed by atoms with Crippen LogP contribution in [0.4, 0.5) is 11.5 Å². The van der Waals surface area contributed by atoms with Crippen molar-refractivity contribution < 1.29 is 14.3 Å². The smallest absolute Gasteiger partial charge is 0.229 e. The highest BCUT2D eigenvalue weighted by Gasteiger charge is 2.26. The van der Waals surface area contributed by atoms with Crippen molar-refractivity contribution in [2.24, 2.45) is 5.92 Å². The summed E-state index contributed by atoms with van der Waals surface area (Å²) < 4.78 is 11.1. The van der Waals surface area contributed by atoms with E-state index in [9.17, 15) is 4.79 Å². The van der Waals surface area contributed by atoms with Crippen molar-refractivity contribution in [3.8, 4) is 17.4 Å². The molecule has 154 valence electrons. The summed E-state index contributed by atoms with van der Waals surface area (Å²) in [6.07, 6.45) is 5.19. The summed E-state index contributed by atoms with van der Waals surface area (Å²) in [7, 11) is 1.59. The highest BCUT2D eigenvalue weighted by molar-refractivity contribution is 5.92. The lowest BCUT2D eigenvalue weighted by molar-refractivity contribution is -0.120. The van der Waals surface area contributed by atoms with Gasteiger partial charge in [0.05, 0.1) is 24.9 Å². The van der Waals surface area contributed by atoms with Crippen LogP contribution in [-0.2, 0) is 4.79 Å². The third-order valence-electron chi connectivity index (χ3n) is 5.05. The maximum atomic E-state index is 12.8. The lowest BCUT2D eigenvalue weighted by Gasteiger charge is -2.32. The molecular weight excluding hydrogens is 380 g/mol. The van der Waals surface area contributed by atoms with Crippen molar-refractivity contribution in [1.29, 1.82) is 0 Å². The third-order valence-corrected chi connectivity index (χ3v) is 5.05. The van der Waals surface area contributed by atoms with Crippen LogP contribution in [0, 0.1) is 5.92 Å². The van der Waals surface area contributed by atoms with Crippen LogP contribution in [0.5, 0.6) is 17.4 Å². The molecule has 0 aliphatic carbocycles. The molecule has 4 rings (SSSR count). The van der Waals surface area contributed by atoms with Gasteiger partial charge in [-0.05, 0) is 43.2 Å². The summed E-state index contributed by atoms with van der Waals surface area (Å²) in [6.45, 7) is 1.57. The number of pyridine rings is 2. The van der Waals surface area contributed by atoms with Gasteiger partial charge >= 0.3 is 0 Å². The highest BCUT2D eigenvalue weighted by Crippen LogP contribution is 2.30. The first-order valence-electron chi connectivity index (χ1n) is 9.96. The minimum absolute atomic E-state index is 0.00386. The van der Waals surface area contributed by atoms with E-state index in [2.05, 4.69) is 20.2 Å². The summed E-state index contributed by atoms with van der Waals surface area (Å²) in [5, 5.41) is 2.97. The van der Waals surface area contributed by atoms with Gasteiger partial charge in [0.2, 0.25) is 11.8 Å².